The summed E-state index contributed by atoms with van der Waals surface area (Å²) in [5.74, 6) is 0. The van der Waals surface area contributed by atoms with E-state index < -0.39 is 11.2 Å². The first-order chi connectivity index (χ1) is 26.7. The van der Waals surface area contributed by atoms with Crippen LogP contribution in [0.2, 0.25) is 0 Å². The molecule has 10 aromatic rings. The van der Waals surface area contributed by atoms with Gasteiger partial charge in [0.05, 0.1) is 11.2 Å². The van der Waals surface area contributed by atoms with Crippen LogP contribution in [-0.2, 0) is 4.65 Å². The van der Waals surface area contributed by atoms with Crippen LogP contribution in [0, 0.1) is 12.1 Å². The van der Waals surface area contributed by atoms with Crippen LogP contribution < -0.4 is 5.46 Å². The molecule has 0 amide bonds. The summed E-state index contributed by atoms with van der Waals surface area (Å²) in [6, 6.07) is 54.0. The van der Waals surface area contributed by atoms with Crippen LogP contribution in [0.3, 0.4) is 0 Å². The van der Waals surface area contributed by atoms with Crippen molar-refractivity contribution in [3.63, 3.8) is 0 Å². The van der Waals surface area contributed by atoms with Gasteiger partial charge in [-0.1, -0.05) is 91.0 Å². The Hall–Kier alpha value is -5.48. The van der Waals surface area contributed by atoms with Crippen molar-refractivity contribution in [1.29, 1.82) is 0 Å². The van der Waals surface area contributed by atoms with E-state index in [0.29, 0.717) is 7.48 Å². The molecule has 1 aliphatic rings. The lowest BCUT2D eigenvalue weighted by Crippen LogP contribution is -2.49. The minimum atomic E-state index is -1.00. The Morgan fingerprint density at radius 2 is 1.13 bits per heavy atom. The van der Waals surface area contributed by atoms with Crippen molar-refractivity contribution in [1.82, 2.24) is 0 Å². The van der Waals surface area contributed by atoms with Crippen LogP contribution in [0.25, 0.3) is 106 Å². The zero-order valence-corrected chi connectivity index (χ0v) is 32.6. The number of fused-ring (bicyclic) bond motifs is 10. The maximum Gasteiger partial charge on any atom is 0.310 e. The maximum absolute atomic E-state index is 10.9. The van der Waals surface area contributed by atoms with Crippen molar-refractivity contribution in [3.05, 3.63) is 140 Å². The number of rotatable bonds is 6. The van der Waals surface area contributed by atoms with Gasteiger partial charge in [-0.2, -0.15) is 0 Å². The zero-order valence-electron chi connectivity index (χ0n) is 31.0. The Morgan fingerprint density at radius 1 is 0.545 bits per heavy atom. The maximum atomic E-state index is 10.9. The summed E-state index contributed by atoms with van der Waals surface area (Å²) >= 11 is 3.70. The molecule has 1 N–H and O–H groups in total. The highest BCUT2D eigenvalue weighted by molar-refractivity contribution is 7.26. The van der Waals surface area contributed by atoms with E-state index in [2.05, 4.69) is 133 Å². The Labute approximate surface area is 328 Å². The fraction of sp³-hybridized carbons (Fsp3) is 0.120. The SMILES string of the molecule is CC(C)(O)C(C)(C)OBc1ccc2c3c(cccc13)-c1c-2c(-c2ccc3sc4ccccc4c3c2)c2c#cccc2c1-c1ccc2sc3ccccc3c2c1. The summed E-state index contributed by atoms with van der Waals surface area (Å²) in [6.07, 6.45) is 0. The van der Waals surface area contributed by atoms with E-state index >= 15 is 0 Å². The highest BCUT2D eigenvalue weighted by Gasteiger charge is 2.36. The molecule has 0 fully saturated rings. The van der Waals surface area contributed by atoms with E-state index in [1.165, 1.54) is 101 Å². The third kappa shape index (κ3) is 4.83. The molecule has 8 aromatic carbocycles. The summed E-state index contributed by atoms with van der Waals surface area (Å²) < 4.78 is 11.7. The van der Waals surface area contributed by atoms with Crippen molar-refractivity contribution in [2.45, 2.75) is 38.9 Å². The van der Waals surface area contributed by atoms with Gasteiger partial charge in [0.1, 0.15) is 0 Å². The third-order valence-corrected chi connectivity index (χ3v) is 14.4. The topological polar surface area (TPSA) is 29.5 Å². The Balaban J connectivity index is 1.23. The van der Waals surface area contributed by atoms with Crippen LogP contribution in [0.15, 0.2) is 127 Å². The molecule has 1 aliphatic carbocycles. The average Bonchev–Trinajstić information content (AvgIpc) is 3.86. The first-order valence-electron chi connectivity index (χ1n) is 18.8. The number of aliphatic hydroxyl groups is 1. The number of hydrogen-bond acceptors (Lipinski definition) is 4. The fourth-order valence-corrected chi connectivity index (χ4v) is 10.8. The monoisotopic (exact) mass is 742 g/mol. The van der Waals surface area contributed by atoms with E-state index in [9.17, 15) is 5.11 Å². The second-order valence-corrected chi connectivity index (χ2v) is 18.0. The molecule has 5 heteroatoms. The van der Waals surface area contributed by atoms with E-state index in [1.54, 1.807) is 0 Å². The number of thiophene rings is 2. The van der Waals surface area contributed by atoms with Gasteiger partial charge in [-0.05, 0) is 137 Å². The second-order valence-electron chi connectivity index (χ2n) is 15.9. The minimum absolute atomic E-state index is 0.391. The average molecular weight is 743 g/mol. The molecule has 0 saturated heterocycles. The molecular formula is C50H35BO2S2. The molecule has 0 bridgehead atoms. The highest BCUT2D eigenvalue weighted by Crippen LogP contribution is 2.58. The molecule has 0 spiro atoms. The largest absolute Gasteiger partial charge is 0.427 e. The van der Waals surface area contributed by atoms with E-state index in [-0.39, 0.29) is 0 Å². The Kier molecular flexibility index (Phi) is 7.04. The van der Waals surface area contributed by atoms with Gasteiger partial charge in [-0.25, -0.2) is 0 Å². The van der Waals surface area contributed by atoms with Crippen LogP contribution >= 0.6 is 22.7 Å². The molecule has 0 aliphatic heterocycles. The standard InChI is InChI=1S/C50H35BO2S2/c1-49(2,52)50(3,4)53-51-39-23-22-36-46-34(39)16-11-17-35(46)47-44(28-20-24-42-37(26-28)30-12-7-9-18-40(30)54-42)32-14-5-6-15-33(32)45(48(36)47)29-21-25-43-38(27-29)31-13-8-10-19-41(31)55-43/h5,7-14,16-27,51-52H,1-4H3. The van der Waals surface area contributed by atoms with E-state index in [0.717, 1.165) is 10.8 Å². The molecule has 55 heavy (non-hydrogen) atoms. The predicted molar refractivity (Wildman–Crippen MR) is 238 cm³/mol. The number of hydrogen-bond donors (Lipinski definition) is 1. The Morgan fingerprint density at radius 3 is 1.80 bits per heavy atom. The molecule has 2 heterocycles. The first kappa shape index (κ1) is 32.9. The second kappa shape index (κ2) is 11.8. The van der Waals surface area contributed by atoms with Crippen LogP contribution in [-0.4, -0.2) is 23.8 Å². The lowest BCUT2D eigenvalue weighted by molar-refractivity contribution is -0.0893. The molecule has 2 nitrogen and oxygen atoms in total. The van der Waals surface area contributed by atoms with Crippen molar-refractivity contribution in [2.75, 3.05) is 0 Å². The van der Waals surface area contributed by atoms with Gasteiger partial charge < -0.3 is 9.76 Å². The van der Waals surface area contributed by atoms with Crippen LogP contribution in [0.4, 0.5) is 0 Å². The smallest absolute Gasteiger partial charge is 0.310 e. The zero-order chi connectivity index (χ0) is 37.2. The summed E-state index contributed by atoms with van der Waals surface area (Å²) in [4.78, 5) is 0. The summed E-state index contributed by atoms with van der Waals surface area (Å²) in [7, 11) is 0.391. The lowest BCUT2D eigenvalue weighted by Gasteiger charge is -2.37. The van der Waals surface area contributed by atoms with Crippen LogP contribution in [0.5, 0.6) is 0 Å². The quantitative estimate of drug-likeness (QED) is 0.172. The normalized spacial score (nSPS) is 12.7. The molecule has 11 rings (SSSR count). The minimum Gasteiger partial charge on any atom is -0.427 e. The van der Waals surface area contributed by atoms with Crippen LogP contribution in [0.1, 0.15) is 27.7 Å². The molecular weight excluding hydrogens is 707 g/mol. The first-order valence-corrected chi connectivity index (χ1v) is 20.5. The molecule has 0 radical (unpaired) electrons. The van der Waals surface area contributed by atoms with Gasteiger partial charge >= 0.3 is 7.48 Å². The fourth-order valence-electron chi connectivity index (χ4n) is 8.64. The summed E-state index contributed by atoms with van der Waals surface area (Å²) in [5, 5.41) is 20.7. The molecule has 0 atom stereocenters. The van der Waals surface area contributed by atoms with Crippen molar-refractivity contribution in [3.8, 4) is 44.5 Å². The van der Waals surface area contributed by atoms with Gasteiger partial charge in [0.2, 0.25) is 0 Å². The molecule has 262 valence electrons. The highest BCUT2D eigenvalue weighted by atomic mass is 32.1. The van der Waals surface area contributed by atoms with Gasteiger partial charge in [0.15, 0.2) is 0 Å². The third-order valence-electron chi connectivity index (χ3n) is 12.1. The van der Waals surface area contributed by atoms with Crippen molar-refractivity contribution < 1.29 is 9.76 Å². The van der Waals surface area contributed by atoms with Gasteiger partial charge in [-0.3, -0.25) is 0 Å². The van der Waals surface area contributed by atoms with Gasteiger partial charge in [0.25, 0.3) is 0 Å². The van der Waals surface area contributed by atoms with Crippen molar-refractivity contribution >= 4 is 97.5 Å². The van der Waals surface area contributed by atoms with E-state index in [1.807, 2.05) is 56.4 Å². The van der Waals surface area contributed by atoms with Gasteiger partial charge in [0, 0.05) is 51.3 Å². The molecule has 0 saturated carbocycles. The Bertz CT molecular complexity index is 3070. The molecule has 2 aromatic heterocycles. The lowest BCUT2D eigenvalue weighted by atomic mass is 9.79. The summed E-state index contributed by atoms with van der Waals surface area (Å²) in [6.45, 7) is 7.54. The molecule has 0 unspecified atom stereocenters. The van der Waals surface area contributed by atoms with E-state index in [4.69, 9.17) is 4.65 Å². The van der Waals surface area contributed by atoms with Crippen molar-refractivity contribution in [2.24, 2.45) is 0 Å². The summed E-state index contributed by atoms with van der Waals surface area (Å²) in [5.41, 5.74) is 9.11. The number of benzene rings is 7. The predicted octanol–water partition coefficient (Wildman–Crippen LogP) is 12.9. The van der Waals surface area contributed by atoms with Gasteiger partial charge in [-0.15, -0.1) is 22.7 Å².